The van der Waals surface area contributed by atoms with Crippen molar-refractivity contribution in [1.82, 2.24) is 10.2 Å². The van der Waals surface area contributed by atoms with Gasteiger partial charge >= 0.3 is 6.09 Å². The highest BCUT2D eigenvalue weighted by Crippen LogP contribution is 2.29. The molecule has 0 aromatic carbocycles. The summed E-state index contributed by atoms with van der Waals surface area (Å²) in [7, 11) is 0. The SMILES string of the molecule is CC(C)(C)OC(=O)N1CC2(CC(=O)CCN2)C1. The van der Waals surface area contributed by atoms with Crippen molar-refractivity contribution in [3.05, 3.63) is 0 Å². The van der Waals surface area contributed by atoms with E-state index in [1.807, 2.05) is 20.8 Å². The summed E-state index contributed by atoms with van der Waals surface area (Å²) in [6, 6.07) is 0. The summed E-state index contributed by atoms with van der Waals surface area (Å²) in [6.45, 7) is 7.43. The molecule has 0 atom stereocenters. The van der Waals surface area contributed by atoms with Crippen LogP contribution in [0.1, 0.15) is 33.6 Å². The summed E-state index contributed by atoms with van der Waals surface area (Å²) in [4.78, 5) is 24.8. The van der Waals surface area contributed by atoms with Crippen molar-refractivity contribution < 1.29 is 14.3 Å². The van der Waals surface area contributed by atoms with E-state index in [1.165, 1.54) is 0 Å². The lowest BCUT2D eigenvalue weighted by Gasteiger charge is -2.51. The zero-order valence-corrected chi connectivity index (χ0v) is 10.7. The molecule has 0 aromatic heterocycles. The van der Waals surface area contributed by atoms with E-state index >= 15 is 0 Å². The maximum atomic E-state index is 11.7. The zero-order chi connectivity index (χ0) is 12.7. The Balaban J connectivity index is 1.85. The Morgan fingerprint density at radius 2 is 2.06 bits per heavy atom. The molecule has 2 fully saturated rings. The van der Waals surface area contributed by atoms with Gasteiger partial charge < -0.3 is 15.0 Å². The molecule has 5 heteroatoms. The van der Waals surface area contributed by atoms with E-state index in [4.69, 9.17) is 4.74 Å². The Bertz CT molecular complexity index is 340. The molecule has 0 aliphatic carbocycles. The molecule has 2 heterocycles. The van der Waals surface area contributed by atoms with Gasteiger partial charge in [-0.25, -0.2) is 4.79 Å². The number of hydrogen-bond donors (Lipinski definition) is 1. The number of ether oxygens (including phenoxy) is 1. The number of ketones is 1. The monoisotopic (exact) mass is 240 g/mol. The van der Waals surface area contributed by atoms with Crippen molar-refractivity contribution in [3.8, 4) is 0 Å². The zero-order valence-electron chi connectivity index (χ0n) is 10.7. The quantitative estimate of drug-likeness (QED) is 0.684. The normalized spacial score (nSPS) is 23.5. The fourth-order valence-electron chi connectivity index (χ4n) is 2.36. The Kier molecular flexibility index (Phi) is 2.89. The molecule has 2 saturated heterocycles. The Morgan fingerprint density at radius 3 is 2.59 bits per heavy atom. The van der Waals surface area contributed by atoms with Crippen molar-refractivity contribution >= 4 is 11.9 Å². The number of carbonyl (C=O) groups is 2. The second kappa shape index (κ2) is 3.98. The highest BCUT2D eigenvalue weighted by atomic mass is 16.6. The van der Waals surface area contributed by atoms with Crippen LogP contribution in [-0.2, 0) is 9.53 Å². The largest absolute Gasteiger partial charge is 0.444 e. The number of carbonyl (C=O) groups excluding carboxylic acids is 2. The van der Waals surface area contributed by atoms with Gasteiger partial charge in [-0.3, -0.25) is 4.79 Å². The van der Waals surface area contributed by atoms with Crippen molar-refractivity contribution in [3.63, 3.8) is 0 Å². The minimum atomic E-state index is -0.463. The van der Waals surface area contributed by atoms with Crippen molar-refractivity contribution in [2.24, 2.45) is 0 Å². The summed E-state index contributed by atoms with van der Waals surface area (Å²) in [5.41, 5.74) is -0.637. The van der Waals surface area contributed by atoms with Gasteiger partial charge in [0.1, 0.15) is 11.4 Å². The molecule has 0 unspecified atom stereocenters. The number of piperidine rings is 1. The standard InChI is InChI=1S/C12H20N2O3/c1-11(2,3)17-10(16)14-7-12(8-14)6-9(15)4-5-13-12/h13H,4-8H2,1-3H3. The summed E-state index contributed by atoms with van der Waals surface area (Å²) >= 11 is 0. The third kappa shape index (κ3) is 2.77. The second-order valence-electron chi connectivity index (χ2n) is 6.01. The van der Waals surface area contributed by atoms with Gasteiger partial charge in [0.2, 0.25) is 0 Å². The van der Waals surface area contributed by atoms with Gasteiger partial charge in [-0.05, 0) is 20.8 Å². The van der Waals surface area contributed by atoms with E-state index in [2.05, 4.69) is 5.32 Å². The summed E-state index contributed by atoms with van der Waals surface area (Å²) in [5.74, 6) is 0.285. The fourth-order valence-corrected chi connectivity index (χ4v) is 2.36. The van der Waals surface area contributed by atoms with Crippen LogP contribution in [-0.4, -0.2) is 47.6 Å². The number of nitrogens with zero attached hydrogens (tertiary/aromatic N) is 1. The Hall–Kier alpha value is -1.10. The minimum Gasteiger partial charge on any atom is -0.444 e. The lowest BCUT2D eigenvalue weighted by molar-refractivity contribution is -0.125. The first-order chi connectivity index (χ1) is 7.80. The van der Waals surface area contributed by atoms with Gasteiger partial charge in [0.25, 0.3) is 0 Å². The number of nitrogens with one attached hydrogen (secondary N) is 1. The summed E-state index contributed by atoms with van der Waals surface area (Å²) in [5, 5.41) is 3.34. The maximum Gasteiger partial charge on any atom is 0.410 e. The Morgan fingerprint density at radius 1 is 1.41 bits per heavy atom. The van der Waals surface area contributed by atoms with Crippen LogP contribution < -0.4 is 5.32 Å². The van der Waals surface area contributed by atoms with E-state index in [9.17, 15) is 9.59 Å². The van der Waals surface area contributed by atoms with Crippen LogP contribution in [0.2, 0.25) is 0 Å². The number of likely N-dealkylation sites (tertiary alicyclic amines) is 1. The van der Waals surface area contributed by atoms with Crippen LogP contribution in [0.5, 0.6) is 0 Å². The van der Waals surface area contributed by atoms with Gasteiger partial charge in [0.15, 0.2) is 0 Å². The van der Waals surface area contributed by atoms with Crippen molar-refractivity contribution in [2.45, 2.75) is 44.8 Å². The average Bonchev–Trinajstić information content (AvgIpc) is 2.10. The lowest BCUT2D eigenvalue weighted by atomic mass is 9.81. The van der Waals surface area contributed by atoms with Crippen LogP contribution in [0.15, 0.2) is 0 Å². The maximum absolute atomic E-state index is 11.7. The molecule has 1 amide bonds. The second-order valence-corrected chi connectivity index (χ2v) is 6.01. The number of hydrogen-bond acceptors (Lipinski definition) is 4. The Labute approximate surface area is 101 Å². The molecule has 0 radical (unpaired) electrons. The molecule has 2 aliphatic heterocycles. The average molecular weight is 240 g/mol. The first-order valence-corrected chi connectivity index (χ1v) is 6.04. The lowest BCUT2D eigenvalue weighted by Crippen LogP contribution is -2.72. The molecule has 1 spiro atoms. The molecule has 2 aliphatic rings. The molecule has 0 aromatic rings. The van der Waals surface area contributed by atoms with E-state index in [1.54, 1.807) is 4.90 Å². The molecule has 1 N–H and O–H groups in total. The van der Waals surface area contributed by atoms with E-state index in [-0.39, 0.29) is 17.4 Å². The van der Waals surface area contributed by atoms with Crippen LogP contribution in [0.4, 0.5) is 4.79 Å². The molecular weight excluding hydrogens is 220 g/mol. The van der Waals surface area contributed by atoms with Gasteiger partial charge in [-0.2, -0.15) is 0 Å². The molecule has 96 valence electrons. The minimum absolute atomic E-state index is 0.174. The van der Waals surface area contributed by atoms with Crippen LogP contribution in [0, 0.1) is 0 Å². The highest BCUT2D eigenvalue weighted by Gasteiger charge is 2.48. The number of rotatable bonds is 0. The van der Waals surface area contributed by atoms with Gasteiger partial charge in [-0.15, -0.1) is 0 Å². The first-order valence-electron chi connectivity index (χ1n) is 6.04. The molecule has 5 nitrogen and oxygen atoms in total. The van der Waals surface area contributed by atoms with Gasteiger partial charge in [-0.1, -0.05) is 0 Å². The highest BCUT2D eigenvalue weighted by molar-refractivity contribution is 5.82. The van der Waals surface area contributed by atoms with E-state index in [0.717, 1.165) is 6.54 Å². The number of amides is 1. The van der Waals surface area contributed by atoms with Crippen LogP contribution >= 0.6 is 0 Å². The molecule has 0 bridgehead atoms. The third-order valence-electron chi connectivity index (χ3n) is 3.08. The molecule has 0 saturated carbocycles. The van der Waals surface area contributed by atoms with Gasteiger partial charge in [0.05, 0.1) is 5.54 Å². The van der Waals surface area contributed by atoms with E-state index < -0.39 is 5.60 Å². The predicted molar refractivity (Wildman–Crippen MR) is 62.8 cm³/mol. The summed E-state index contributed by atoms with van der Waals surface area (Å²) in [6.07, 6.45) is 0.850. The third-order valence-corrected chi connectivity index (χ3v) is 3.08. The van der Waals surface area contributed by atoms with Gasteiger partial charge in [0, 0.05) is 32.5 Å². The van der Waals surface area contributed by atoms with Crippen LogP contribution in [0.25, 0.3) is 0 Å². The fraction of sp³-hybridized carbons (Fsp3) is 0.833. The summed E-state index contributed by atoms with van der Waals surface area (Å²) < 4.78 is 5.28. The molecule has 17 heavy (non-hydrogen) atoms. The smallest absolute Gasteiger partial charge is 0.410 e. The van der Waals surface area contributed by atoms with Crippen molar-refractivity contribution in [2.75, 3.05) is 19.6 Å². The van der Waals surface area contributed by atoms with Crippen molar-refractivity contribution in [1.29, 1.82) is 0 Å². The predicted octanol–water partition coefficient (Wildman–Crippen LogP) is 0.928. The molecule has 2 rings (SSSR count). The number of Topliss-reactive ketones (excluding diaryl/α,β-unsaturated/α-hetero) is 1. The molecular formula is C12H20N2O3. The first kappa shape index (κ1) is 12.4. The van der Waals surface area contributed by atoms with E-state index in [0.29, 0.717) is 25.9 Å². The topological polar surface area (TPSA) is 58.6 Å². The van der Waals surface area contributed by atoms with Crippen LogP contribution in [0.3, 0.4) is 0 Å².